The molecule has 2 aromatic carbocycles. The number of hydrogen-bond acceptors (Lipinski definition) is 5. The standard InChI is InChI=1S/C23H25NO3S/c1-17(25)27-24-22(16-11-18-7-5-6-8-18)23(26)19-12-14-21(15-13-19)28-20-9-3-2-4-10-20/h2-4,9-10,12-15,18H,5-8,11,16H2,1H3/b24-22-. The molecule has 1 fully saturated rings. The van der Waals surface area contributed by atoms with Crippen LogP contribution in [-0.4, -0.2) is 17.5 Å². The normalized spacial score (nSPS) is 14.8. The number of nitrogens with zero attached hydrogens (tertiary/aromatic N) is 1. The lowest BCUT2D eigenvalue weighted by molar-refractivity contribution is -0.140. The molecule has 0 heterocycles. The van der Waals surface area contributed by atoms with E-state index in [0.29, 0.717) is 23.6 Å². The van der Waals surface area contributed by atoms with E-state index in [0.717, 1.165) is 16.2 Å². The van der Waals surface area contributed by atoms with Gasteiger partial charge in [0.1, 0.15) is 5.71 Å². The summed E-state index contributed by atoms with van der Waals surface area (Å²) in [4.78, 5) is 31.0. The summed E-state index contributed by atoms with van der Waals surface area (Å²) in [5.41, 5.74) is 0.889. The molecule has 1 aliphatic rings. The summed E-state index contributed by atoms with van der Waals surface area (Å²) in [6.07, 6.45) is 6.39. The average Bonchev–Trinajstić information content (AvgIpc) is 3.22. The summed E-state index contributed by atoms with van der Waals surface area (Å²) < 4.78 is 0. The lowest BCUT2D eigenvalue weighted by Gasteiger charge is -2.10. The minimum Gasteiger partial charge on any atom is -0.318 e. The minimum absolute atomic E-state index is 0.171. The average molecular weight is 396 g/mol. The van der Waals surface area contributed by atoms with Crippen molar-refractivity contribution in [2.75, 3.05) is 0 Å². The van der Waals surface area contributed by atoms with E-state index in [9.17, 15) is 9.59 Å². The van der Waals surface area contributed by atoms with Gasteiger partial charge in [0.15, 0.2) is 0 Å². The molecule has 4 nitrogen and oxygen atoms in total. The monoisotopic (exact) mass is 395 g/mol. The molecular weight excluding hydrogens is 370 g/mol. The first kappa shape index (κ1) is 20.3. The van der Waals surface area contributed by atoms with Gasteiger partial charge in [0.05, 0.1) is 0 Å². The topological polar surface area (TPSA) is 55.7 Å². The molecule has 0 atom stereocenters. The fraction of sp³-hybridized carbons (Fsp3) is 0.348. The van der Waals surface area contributed by atoms with Gasteiger partial charge < -0.3 is 4.84 Å². The first-order chi connectivity index (χ1) is 13.6. The summed E-state index contributed by atoms with van der Waals surface area (Å²) in [6.45, 7) is 1.29. The molecule has 0 saturated heterocycles. The zero-order valence-electron chi connectivity index (χ0n) is 16.1. The van der Waals surface area contributed by atoms with Gasteiger partial charge in [-0.25, -0.2) is 4.79 Å². The Morgan fingerprint density at radius 1 is 1.00 bits per heavy atom. The van der Waals surface area contributed by atoms with E-state index in [-0.39, 0.29) is 5.78 Å². The summed E-state index contributed by atoms with van der Waals surface area (Å²) in [5.74, 6) is -0.0451. The van der Waals surface area contributed by atoms with Gasteiger partial charge in [-0.1, -0.05) is 60.8 Å². The molecule has 3 rings (SSSR count). The van der Waals surface area contributed by atoms with Crippen LogP contribution in [0.25, 0.3) is 0 Å². The van der Waals surface area contributed by atoms with Crippen LogP contribution in [0.1, 0.15) is 55.8 Å². The lowest BCUT2D eigenvalue weighted by atomic mass is 9.96. The molecule has 5 heteroatoms. The number of hydrogen-bond donors (Lipinski definition) is 0. The molecular formula is C23H25NO3S. The number of oxime groups is 1. The Kier molecular flexibility index (Phi) is 7.43. The van der Waals surface area contributed by atoms with Crippen LogP contribution in [0.4, 0.5) is 0 Å². The molecule has 0 amide bonds. The van der Waals surface area contributed by atoms with Crippen molar-refractivity contribution in [3.63, 3.8) is 0 Å². The Morgan fingerprint density at radius 3 is 2.29 bits per heavy atom. The molecule has 2 aromatic rings. The third kappa shape index (κ3) is 6.06. The molecule has 1 aliphatic carbocycles. The van der Waals surface area contributed by atoms with E-state index in [1.807, 2.05) is 42.5 Å². The van der Waals surface area contributed by atoms with Gasteiger partial charge in [0, 0.05) is 22.3 Å². The van der Waals surface area contributed by atoms with Gasteiger partial charge in [0.2, 0.25) is 5.78 Å². The second kappa shape index (κ2) is 10.2. The van der Waals surface area contributed by atoms with Gasteiger partial charge in [-0.05, 0) is 55.2 Å². The number of rotatable bonds is 8. The van der Waals surface area contributed by atoms with Gasteiger partial charge in [-0.15, -0.1) is 0 Å². The van der Waals surface area contributed by atoms with Crippen molar-refractivity contribution in [2.24, 2.45) is 11.1 Å². The largest absolute Gasteiger partial charge is 0.331 e. The molecule has 1 saturated carbocycles. The van der Waals surface area contributed by atoms with Crippen molar-refractivity contribution in [3.05, 3.63) is 60.2 Å². The zero-order valence-corrected chi connectivity index (χ0v) is 16.9. The van der Waals surface area contributed by atoms with Crippen molar-refractivity contribution >= 4 is 29.2 Å². The third-order valence-electron chi connectivity index (χ3n) is 4.91. The van der Waals surface area contributed by atoms with E-state index in [1.54, 1.807) is 11.8 Å². The zero-order chi connectivity index (χ0) is 19.8. The van der Waals surface area contributed by atoms with Crippen molar-refractivity contribution in [1.29, 1.82) is 0 Å². The Bertz CT molecular complexity index is 825. The van der Waals surface area contributed by atoms with E-state index in [1.165, 1.54) is 32.6 Å². The van der Waals surface area contributed by atoms with Gasteiger partial charge >= 0.3 is 5.97 Å². The van der Waals surface area contributed by atoms with Crippen LogP contribution < -0.4 is 0 Å². The van der Waals surface area contributed by atoms with Crippen molar-refractivity contribution in [1.82, 2.24) is 0 Å². The number of carbonyl (C=O) groups is 2. The maximum atomic E-state index is 12.9. The lowest BCUT2D eigenvalue weighted by Crippen LogP contribution is -2.17. The van der Waals surface area contributed by atoms with Crippen molar-refractivity contribution < 1.29 is 14.4 Å². The van der Waals surface area contributed by atoms with Crippen molar-refractivity contribution in [3.8, 4) is 0 Å². The number of Topliss-reactive ketones (excluding diaryl/α,β-unsaturated/α-hetero) is 1. The molecule has 28 heavy (non-hydrogen) atoms. The molecule has 0 unspecified atom stereocenters. The highest BCUT2D eigenvalue weighted by atomic mass is 32.2. The van der Waals surface area contributed by atoms with Crippen LogP contribution in [0.15, 0.2) is 69.5 Å². The summed E-state index contributed by atoms with van der Waals surface area (Å²) in [5, 5.41) is 3.86. The third-order valence-corrected chi connectivity index (χ3v) is 5.92. The maximum Gasteiger partial charge on any atom is 0.331 e. The summed E-state index contributed by atoms with van der Waals surface area (Å²) >= 11 is 1.65. The van der Waals surface area contributed by atoms with E-state index in [4.69, 9.17) is 4.84 Å². The molecule has 0 spiro atoms. The Hall–Kier alpha value is -2.40. The predicted molar refractivity (Wildman–Crippen MR) is 112 cm³/mol. The van der Waals surface area contributed by atoms with Crippen LogP contribution in [-0.2, 0) is 9.63 Å². The van der Waals surface area contributed by atoms with E-state index >= 15 is 0 Å². The second-order valence-corrected chi connectivity index (χ2v) is 8.23. The van der Waals surface area contributed by atoms with Gasteiger partial charge in [-0.2, -0.15) is 0 Å². The Morgan fingerprint density at radius 2 is 1.64 bits per heavy atom. The van der Waals surface area contributed by atoms with Crippen LogP contribution >= 0.6 is 11.8 Å². The molecule has 0 N–H and O–H groups in total. The second-order valence-electron chi connectivity index (χ2n) is 7.08. The molecule has 0 radical (unpaired) electrons. The minimum atomic E-state index is -0.513. The fourth-order valence-electron chi connectivity index (χ4n) is 3.43. The molecule has 0 aromatic heterocycles. The number of benzene rings is 2. The SMILES string of the molecule is CC(=O)O/N=C(/CCC1CCCC1)C(=O)c1ccc(Sc2ccccc2)cc1. The highest BCUT2D eigenvalue weighted by Crippen LogP contribution is 2.30. The molecule has 146 valence electrons. The summed E-state index contributed by atoms with van der Waals surface area (Å²) in [6, 6.07) is 17.6. The van der Waals surface area contributed by atoms with Crippen LogP contribution in [0.2, 0.25) is 0 Å². The first-order valence-electron chi connectivity index (χ1n) is 9.74. The highest BCUT2D eigenvalue weighted by molar-refractivity contribution is 7.99. The van der Waals surface area contributed by atoms with Crippen LogP contribution in [0.5, 0.6) is 0 Å². The number of ketones is 1. The highest BCUT2D eigenvalue weighted by Gasteiger charge is 2.20. The summed E-state index contributed by atoms with van der Waals surface area (Å²) in [7, 11) is 0. The van der Waals surface area contributed by atoms with Crippen LogP contribution in [0, 0.1) is 5.92 Å². The van der Waals surface area contributed by atoms with E-state index in [2.05, 4.69) is 17.3 Å². The smallest absolute Gasteiger partial charge is 0.318 e. The Balaban J connectivity index is 1.68. The first-order valence-corrected chi connectivity index (χ1v) is 10.6. The van der Waals surface area contributed by atoms with Crippen molar-refractivity contribution in [2.45, 2.75) is 55.2 Å². The van der Waals surface area contributed by atoms with E-state index < -0.39 is 5.97 Å². The van der Waals surface area contributed by atoms with Crippen LogP contribution in [0.3, 0.4) is 0 Å². The fourth-order valence-corrected chi connectivity index (χ4v) is 4.26. The predicted octanol–water partition coefficient (Wildman–Crippen LogP) is 5.91. The quantitative estimate of drug-likeness (QED) is 0.241. The Labute approximate surface area is 170 Å². The number of carbonyl (C=O) groups excluding carboxylic acids is 2. The van der Waals surface area contributed by atoms with Gasteiger partial charge in [-0.3, -0.25) is 4.79 Å². The molecule has 0 aliphatic heterocycles. The van der Waals surface area contributed by atoms with Gasteiger partial charge in [0.25, 0.3) is 0 Å². The maximum absolute atomic E-state index is 12.9. The molecule has 0 bridgehead atoms.